The number of nitrogens with one attached hydrogen (secondary N) is 3. The van der Waals surface area contributed by atoms with Gasteiger partial charge in [0, 0.05) is 13.2 Å². The van der Waals surface area contributed by atoms with Gasteiger partial charge in [-0.2, -0.15) is 0 Å². The zero-order valence-corrected chi connectivity index (χ0v) is 14.3. The Labute approximate surface area is 149 Å². The second-order valence-corrected chi connectivity index (χ2v) is 6.45. The first-order chi connectivity index (χ1) is 12.2. The van der Waals surface area contributed by atoms with Crippen molar-refractivity contribution < 1.29 is 14.3 Å². The highest BCUT2D eigenvalue weighted by molar-refractivity contribution is 7.99. The van der Waals surface area contributed by atoms with Crippen LogP contribution >= 0.6 is 11.8 Å². The molecule has 8 nitrogen and oxygen atoms in total. The number of aromatic amines is 1. The Kier molecular flexibility index (Phi) is 6.02. The molecule has 2 aromatic rings. The highest BCUT2D eigenvalue weighted by atomic mass is 32.2. The fourth-order valence-electron chi connectivity index (χ4n) is 2.38. The Morgan fingerprint density at radius 2 is 2.16 bits per heavy atom. The predicted molar refractivity (Wildman–Crippen MR) is 91.9 cm³/mol. The molecule has 2 heterocycles. The Morgan fingerprint density at radius 3 is 2.92 bits per heavy atom. The van der Waals surface area contributed by atoms with E-state index in [1.54, 1.807) is 0 Å². The number of hydrogen-bond acceptors (Lipinski definition) is 6. The number of hydrogen-bond donors (Lipinski definition) is 3. The van der Waals surface area contributed by atoms with Crippen molar-refractivity contribution in [1.82, 2.24) is 25.8 Å². The van der Waals surface area contributed by atoms with Crippen LogP contribution in [0.3, 0.4) is 0 Å². The van der Waals surface area contributed by atoms with Crippen LogP contribution in [0.4, 0.5) is 4.79 Å². The van der Waals surface area contributed by atoms with E-state index >= 15 is 0 Å². The van der Waals surface area contributed by atoms with Crippen molar-refractivity contribution in [2.24, 2.45) is 0 Å². The number of benzene rings is 1. The minimum Gasteiger partial charge on any atom is -0.370 e. The molecule has 1 aliphatic rings. The molecule has 0 aliphatic carbocycles. The number of carbonyl (C=O) groups is 2. The third-order valence-electron chi connectivity index (χ3n) is 3.60. The molecule has 1 aromatic heterocycles. The van der Waals surface area contributed by atoms with Crippen LogP contribution in [0.1, 0.15) is 30.3 Å². The molecule has 0 spiro atoms. The summed E-state index contributed by atoms with van der Waals surface area (Å²) >= 11 is 1.16. The van der Waals surface area contributed by atoms with E-state index in [1.807, 2.05) is 30.3 Å². The molecule has 25 heavy (non-hydrogen) atoms. The number of nitrogens with zero attached hydrogens (tertiary/aromatic N) is 2. The first-order valence-electron chi connectivity index (χ1n) is 7.99. The maximum atomic E-state index is 11.8. The van der Waals surface area contributed by atoms with Crippen LogP contribution in [0.25, 0.3) is 0 Å². The number of amides is 3. The number of urea groups is 1. The lowest BCUT2D eigenvalue weighted by Gasteiger charge is -2.06. The zero-order valence-electron chi connectivity index (χ0n) is 13.5. The van der Waals surface area contributed by atoms with E-state index in [-0.39, 0.29) is 11.9 Å². The zero-order chi connectivity index (χ0) is 17.5. The van der Waals surface area contributed by atoms with Gasteiger partial charge in [0.25, 0.3) is 0 Å². The number of aromatic nitrogens is 3. The molecule has 0 unspecified atom stereocenters. The van der Waals surface area contributed by atoms with Gasteiger partial charge in [0.1, 0.15) is 6.10 Å². The van der Waals surface area contributed by atoms with Crippen molar-refractivity contribution in [3.05, 3.63) is 41.7 Å². The summed E-state index contributed by atoms with van der Waals surface area (Å²) in [6.45, 7) is 1.09. The number of thioether (sulfide) groups is 1. The van der Waals surface area contributed by atoms with Gasteiger partial charge in [-0.15, -0.1) is 5.10 Å². The Bertz CT molecular complexity index is 716. The lowest BCUT2D eigenvalue weighted by molar-refractivity contribution is -0.117. The molecule has 1 atom stereocenters. The van der Waals surface area contributed by atoms with Gasteiger partial charge in [0.2, 0.25) is 11.1 Å². The third kappa shape index (κ3) is 5.30. The molecular formula is C16H19N5O3S. The molecule has 1 aliphatic heterocycles. The van der Waals surface area contributed by atoms with Crippen molar-refractivity contribution in [2.45, 2.75) is 30.6 Å². The van der Waals surface area contributed by atoms with Gasteiger partial charge in [-0.05, 0) is 18.4 Å². The van der Waals surface area contributed by atoms with Crippen LogP contribution in [0.15, 0.2) is 35.5 Å². The van der Waals surface area contributed by atoms with Crippen LogP contribution in [-0.4, -0.2) is 39.5 Å². The lowest BCUT2D eigenvalue weighted by Crippen LogP contribution is -2.39. The molecule has 1 aromatic carbocycles. The fourth-order valence-corrected chi connectivity index (χ4v) is 2.98. The minimum atomic E-state index is -0.524. The Balaban J connectivity index is 1.38. The predicted octanol–water partition coefficient (Wildman–Crippen LogP) is 1.77. The molecule has 3 rings (SSSR count). The molecule has 3 N–H and O–H groups in total. The van der Waals surface area contributed by atoms with E-state index in [0.717, 1.165) is 36.8 Å². The van der Waals surface area contributed by atoms with Crippen LogP contribution in [0, 0.1) is 0 Å². The normalized spacial score (nSPS) is 16.6. The molecule has 1 fully saturated rings. The summed E-state index contributed by atoms with van der Waals surface area (Å²) in [7, 11) is 0. The Morgan fingerprint density at radius 1 is 1.32 bits per heavy atom. The van der Waals surface area contributed by atoms with Crippen LogP contribution in [0.2, 0.25) is 0 Å². The maximum absolute atomic E-state index is 11.8. The number of imide groups is 1. The molecule has 132 valence electrons. The summed E-state index contributed by atoms with van der Waals surface area (Å²) in [6.07, 6.45) is 1.88. The van der Waals surface area contributed by atoms with Gasteiger partial charge >= 0.3 is 6.03 Å². The van der Waals surface area contributed by atoms with Crippen LogP contribution < -0.4 is 10.6 Å². The van der Waals surface area contributed by atoms with Gasteiger partial charge in [-0.3, -0.25) is 15.2 Å². The molecule has 0 radical (unpaired) electrons. The quantitative estimate of drug-likeness (QED) is 0.677. The molecule has 9 heteroatoms. The standard InChI is InChI=1S/C16H19N5O3S/c22-13(18-15(23)17-9-11-5-2-1-3-6-11)10-25-16-19-14(20-21-16)12-7-4-8-24-12/h1-3,5-6,12H,4,7-10H2,(H,19,20,21)(H2,17,18,22,23)/t12-/m1/s1. The highest BCUT2D eigenvalue weighted by Gasteiger charge is 2.21. The molecule has 1 saturated heterocycles. The van der Waals surface area contributed by atoms with Gasteiger partial charge in [0.15, 0.2) is 5.82 Å². The van der Waals surface area contributed by atoms with Crippen molar-refractivity contribution in [3.8, 4) is 0 Å². The van der Waals surface area contributed by atoms with Gasteiger partial charge in [0.05, 0.1) is 5.75 Å². The highest BCUT2D eigenvalue weighted by Crippen LogP contribution is 2.26. The summed E-state index contributed by atoms with van der Waals surface area (Å²) in [6, 6.07) is 8.94. The molecule has 3 amide bonds. The average Bonchev–Trinajstić information content (AvgIpc) is 3.30. The van der Waals surface area contributed by atoms with Crippen molar-refractivity contribution in [3.63, 3.8) is 0 Å². The largest absolute Gasteiger partial charge is 0.370 e. The van der Waals surface area contributed by atoms with Gasteiger partial charge < -0.3 is 10.1 Å². The van der Waals surface area contributed by atoms with Crippen LogP contribution in [-0.2, 0) is 16.1 Å². The maximum Gasteiger partial charge on any atom is 0.321 e. The van der Waals surface area contributed by atoms with E-state index < -0.39 is 11.9 Å². The monoisotopic (exact) mass is 361 g/mol. The SMILES string of the molecule is O=C(CSc1n[nH]c([C@H]2CCCO2)n1)NC(=O)NCc1ccccc1. The first-order valence-corrected chi connectivity index (χ1v) is 8.97. The number of carbonyl (C=O) groups excluding carboxylic acids is 2. The van der Waals surface area contributed by atoms with Gasteiger partial charge in [-0.25, -0.2) is 9.78 Å². The van der Waals surface area contributed by atoms with Crippen molar-refractivity contribution in [2.75, 3.05) is 12.4 Å². The second kappa shape index (κ2) is 8.63. The smallest absolute Gasteiger partial charge is 0.321 e. The van der Waals surface area contributed by atoms with E-state index in [9.17, 15) is 9.59 Å². The van der Waals surface area contributed by atoms with Crippen molar-refractivity contribution >= 4 is 23.7 Å². The minimum absolute atomic E-state index is 0.0422. The van der Waals surface area contributed by atoms with Crippen LogP contribution in [0.5, 0.6) is 0 Å². The van der Waals surface area contributed by atoms with E-state index in [1.165, 1.54) is 0 Å². The summed E-state index contributed by atoms with van der Waals surface area (Å²) < 4.78 is 5.52. The third-order valence-corrected chi connectivity index (χ3v) is 4.45. The fraction of sp³-hybridized carbons (Fsp3) is 0.375. The topological polar surface area (TPSA) is 109 Å². The summed E-state index contributed by atoms with van der Waals surface area (Å²) in [5.41, 5.74) is 0.960. The molecule has 0 saturated carbocycles. The first kappa shape index (κ1) is 17.4. The lowest BCUT2D eigenvalue weighted by atomic mass is 10.2. The Hall–Kier alpha value is -2.39. The number of ether oxygens (including phenoxy) is 1. The summed E-state index contributed by atoms with van der Waals surface area (Å²) in [5, 5.41) is 12.3. The molecule has 0 bridgehead atoms. The number of rotatable bonds is 6. The van der Waals surface area contributed by atoms with Crippen molar-refractivity contribution in [1.29, 1.82) is 0 Å². The van der Waals surface area contributed by atoms with E-state index in [2.05, 4.69) is 25.8 Å². The second-order valence-electron chi connectivity index (χ2n) is 5.51. The molecular weight excluding hydrogens is 342 g/mol. The van der Waals surface area contributed by atoms with E-state index in [0.29, 0.717) is 17.5 Å². The van der Waals surface area contributed by atoms with Gasteiger partial charge in [-0.1, -0.05) is 42.1 Å². The summed E-state index contributed by atoms with van der Waals surface area (Å²) in [4.78, 5) is 27.8. The van der Waals surface area contributed by atoms with E-state index in [4.69, 9.17) is 4.74 Å². The summed E-state index contributed by atoms with van der Waals surface area (Å²) in [5.74, 6) is 0.335. The average molecular weight is 361 g/mol. The number of H-pyrrole nitrogens is 1.